The lowest BCUT2D eigenvalue weighted by Gasteiger charge is -2.23. The van der Waals surface area contributed by atoms with Crippen molar-refractivity contribution in [2.45, 2.75) is 39.0 Å². The molecule has 1 aliphatic heterocycles. The number of likely N-dealkylation sites (tertiary alicyclic amines) is 1. The maximum Gasteiger partial charge on any atom is 0.274 e. The monoisotopic (exact) mass is 271 g/mol. The second kappa shape index (κ2) is 5.65. The summed E-state index contributed by atoms with van der Waals surface area (Å²) in [4.78, 5) is 19.0. The third kappa shape index (κ3) is 2.69. The van der Waals surface area contributed by atoms with Crippen molar-refractivity contribution in [3.8, 4) is 0 Å². The Morgan fingerprint density at radius 3 is 2.60 bits per heavy atom. The van der Waals surface area contributed by atoms with Crippen molar-refractivity contribution in [2.75, 3.05) is 13.1 Å². The molecule has 0 atom stereocenters. The number of nitrogens with zero attached hydrogens (tertiary/aromatic N) is 3. The van der Waals surface area contributed by atoms with Crippen molar-refractivity contribution >= 4 is 11.6 Å². The molecule has 0 spiro atoms. The van der Waals surface area contributed by atoms with Crippen LogP contribution in [-0.4, -0.2) is 33.3 Å². The maximum atomic E-state index is 12.6. The van der Waals surface area contributed by atoms with E-state index in [0.717, 1.165) is 37.1 Å². The SMILES string of the molecule is Cc1ccn2cc(C(=O)N3CCCCCCC3)nc2c1. The van der Waals surface area contributed by atoms with E-state index in [1.54, 1.807) is 0 Å². The van der Waals surface area contributed by atoms with Gasteiger partial charge in [-0.25, -0.2) is 4.98 Å². The molecule has 0 radical (unpaired) electrons. The second-order valence-electron chi connectivity index (χ2n) is 5.66. The third-order valence-electron chi connectivity index (χ3n) is 3.98. The molecule has 4 nitrogen and oxygen atoms in total. The van der Waals surface area contributed by atoms with E-state index in [1.807, 2.05) is 40.8 Å². The summed E-state index contributed by atoms with van der Waals surface area (Å²) in [6, 6.07) is 4.03. The van der Waals surface area contributed by atoms with Gasteiger partial charge < -0.3 is 9.30 Å². The van der Waals surface area contributed by atoms with Crippen LogP contribution in [0.1, 0.15) is 48.2 Å². The van der Waals surface area contributed by atoms with Crippen molar-refractivity contribution in [1.82, 2.24) is 14.3 Å². The van der Waals surface area contributed by atoms with Gasteiger partial charge in [-0.2, -0.15) is 0 Å². The van der Waals surface area contributed by atoms with E-state index >= 15 is 0 Å². The highest BCUT2D eigenvalue weighted by Gasteiger charge is 2.19. The van der Waals surface area contributed by atoms with Crippen LogP contribution in [-0.2, 0) is 0 Å². The number of carbonyl (C=O) groups excluding carboxylic acids is 1. The molecule has 106 valence electrons. The topological polar surface area (TPSA) is 37.6 Å². The second-order valence-corrected chi connectivity index (χ2v) is 5.66. The average Bonchev–Trinajstić information content (AvgIpc) is 2.80. The first-order chi connectivity index (χ1) is 9.74. The van der Waals surface area contributed by atoms with Gasteiger partial charge in [-0.05, 0) is 37.5 Å². The highest BCUT2D eigenvalue weighted by molar-refractivity contribution is 5.92. The summed E-state index contributed by atoms with van der Waals surface area (Å²) in [6.07, 6.45) is 9.78. The lowest BCUT2D eigenvalue weighted by Crippen LogP contribution is -2.34. The van der Waals surface area contributed by atoms with Gasteiger partial charge in [0.25, 0.3) is 5.91 Å². The molecule has 0 saturated carbocycles. The van der Waals surface area contributed by atoms with E-state index in [0.29, 0.717) is 5.69 Å². The van der Waals surface area contributed by atoms with Crippen LogP contribution in [0.4, 0.5) is 0 Å². The van der Waals surface area contributed by atoms with E-state index in [4.69, 9.17) is 0 Å². The molecule has 0 N–H and O–H groups in total. The van der Waals surface area contributed by atoms with Crippen LogP contribution in [0.3, 0.4) is 0 Å². The largest absolute Gasteiger partial charge is 0.337 e. The van der Waals surface area contributed by atoms with Crippen LogP contribution < -0.4 is 0 Å². The Kier molecular flexibility index (Phi) is 3.72. The zero-order valence-electron chi connectivity index (χ0n) is 12.0. The van der Waals surface area contributed by atoms with Gasteiger partial charge in [0.05, 0.1) is 0 Å². The Labute approximate surface area is 119 Å². The van der Waals surface area contributed by atoms with Gasteiger partial charge in [0.2, 0.25) is 0 Å². The van der Waals surface area contributed by atoms with Crippen molar-refractivity contribution in [3.63, 3.8) is 0 Å². The molecule has 2 aromatic heterocycles. The summed E-state index contributed by atoms with van der Waals surface area (Å²) < 4.78 is 1.92. The van der Waals surface area contributed by atoms with Gasteiger partial charge in [-0.15, -0.1) is 0 Å². The molecule has 0 aliphatic carbocycles. The standard InChI is InChI=1S/C16H21N3O/c1-13-7-10-19-12-14(17-15(19)11-13)16(20)18-8-5-3-2-4-6-9-18/h7,10-12H,2-6,8-9H2,1H3. The molecule has 1 saturated heterocycles. The van der Waals surface area contributed by atoms with Gasteiger partial charge in [-0.3, -0.25) is 4.79 Å². The minimum atomic E-state index is 0.0771. The van der Waals surface area contributed by atoms with Crippen LogP contribution in [0.25, 0.3) is 5.65 Å². The minimum absolute atomic E-state index is 0.0771. The first-order valence-corrected chi connectivity index (χ1v) is 7.49. The van der Waals surface area contributed by atoms with E-state index in [-0.39, 0.29) is 5.91 Å². The molecule has 2 aromatic rings. The number of rotatable bonds is 1. The smallest absolute Gasteiger partial charge is 0.274 e. The third-order valence-corrected chi connectivity index (χ3v) is 3.98. The molecule has 1 amide bonds. The Bertz CT molecular complexity index is 609. The molecule has 3 heterocycles. The van der Waals surface area contributed by atoms with Crippen LogP contribution in [0.2, 0.25) is 0 Å². The summed E-state index contributed by atoms with van der Waals surface area (Å²) in [7, 11) is 0. The molecular formula is C16H21N3O. The predicted octanol–water partition coefficient (Wildman–Crippen LogP) is 3.05. The molecule has 3 rings (SSSR count). The first kappa shape index (κ1) is 13.2. The quantitative estimate of drug-likeness (QED) is 0.799. The normalized spacial score (nSPS) is 16.9. The van der Waals surface area contributed by atoms with Gasteiger partial charge in [-0.1, -0.05) is 19.3 Å². The van der Waals surface area contributed by atoms with Gasteiger partial charge >= 0.3 is 0 Å². The molecule has 0 aromatic carbocycles. The molecular weight excluding hydrogens is 250 g/mol. The molecule has 0 unspecified atom stereocenters. The summed E-state index contributed by atoms with van der Waals surface area (Å²) in [5.41, 5.74) is 2.57. The highest BCUT2D eigenvalue weighted by Crippen LogP contribution is 2.14. The number of aromatic nitrogens is 2. The first-order valence-electron chi connectivity index (χ1n) is 7.49. The fourth-order valence-electron chi connectivity index (χ4n) is 2.80. The number of imidazole rings is 1. The fourth-order valence-corrected chi connectivity index (χ4v) is 2.80. The Balaban J connectivity index is 1.83. The average molecular weight is 271 g/mol. The Morgan fingerprint density at radius 2 is 1.85 bits per heavy atom. The number of aryl methyl sites for hydroxylation is 1. The van der Waals surface area contributed by atoms with Crippen LogP contribution >= 0.6 is 0 Å². The van der Waals surface area contributed by atoms with Crippen LogP contribution in [0, 0.1) is 6.92 Å². The molecule has 0 bridgehead atoms. The number of hydrogen-bond acceptors (Lipinski definition) is 2. The van der Waals surface area contributed by atoms with E-state index in [1.165, 1.54) is 19.3 Å². The van der Waals surface area contributed by atoms with E-state index < -0.39 is 0 Å². The van der Waals surface area contributed by atoms with E-state index in [2.05, 4.69) is 4.98 Å². The van der Waals surface area contributed by atoms with Crippen molar-refractivity contribution < 1.29 is 4.79 Å². The number of amides is 1. The molecule has 4 heteroatoms. The number of pyridine rings is 1. The maximum absolute atomic E-state index is 12.6. The van der Waals surface area contributed by atoms with Crippen LogP contribution in [0.5, 0.6) is 0 Å². The van der Waals surface area contributed by atoms with Gasteiger partial charge in [0.15, 0.2) is 0 Å². The van der Waals surface area contributed by atoms with Crippen molar-refractivity contribution in [3.05, 3.63) is 35.8 Å². The lowest BCUT2D eigenvalue weighted by atomic mass is 10.1. The zero-order chi connectivity index (χ0) is 13.9. The van der Waals surface area contributed by atoms with Crippen molar-refractivity contribution in [1.29, 1.82) is 0 Å². The van der Waals surface area contributed by atoms with Crippen LogP contribution in [0.15, 0.2) is 24.5 Å². The van der Waals surface area contributed by atoms with Crippen molar-refractivity contribution in [2.24, 2.45) is 0 Å². The number of hydrogen-bond donors (Lipinski definition) is 0. The summed E-state index contributed by atoms with van der Waals surface area (Å²) in [5.74, 6) is 0.0771. The molecule has 1 aliphatic rings. The van der Waals surface area contributed by atoms with E-state index in [9.17, 15) is 4.79 Å². The highest BCUT2D eigenvalue weighted by atomic mass is 16.2. The molecule has 1 fully saturated rings. The summed E-state index contributed by atoms with van der Waals surface area (Å²) in [6.45, 7) is 3.77. The predicted molar refractivity (Wildman–Crippen MR) is 78.9 cm³/mol. The molecule has 20 heavy (non-hydrogen) atoms. The zero-order valence-corrected chi connectivity index (χ0v) is 12.0. The van der Waals surface area contributed by atoms with Gasteiger partial charge in [0, 0.05) is 25.5 Å². The Hall–Kier alpha value is -1.84. The summed E-state index contributed by atoms with van der Waals surface area (Å²) in [5, 5.41) is 0. The lowest BCUT2D eigenvalue weighted by molar-refractivity contribution is 0.0737. The fraction of sp³-hybridized carbons (Fsp3) is 0.500. The summed E-state index contributed by atoms with van der Waals surface area (Å²) >= 11 is 0. The van der Waals surface area contributed by atoms with Gasteiger partial charge in [0.1, 0.15) is 11.3 Å². The minimum Gasteiger partial charge on any atom is -0.337 e. The Morgan fingerprint density at radius 1 is 1.15 bits per heavy atom. The number of carbonyl (C=O) groups is 1. The number of fused-ring (bicyclic) bond motifs is 1.